The van der Waals surface area contributed by atoms with Gasteiger partial charge in [0.15, 0.2) is 0 Å². The van der Waals surface area contributed by atoms with Crippen molar-refractivity contribution in [3.8, 4) is 0 Å². The summed E-state index contributed by atoms with van der Waals surface area (Å²) in [5.74, 6) is 0.769. The van der Waals surface area contributed by atoms with Crippen molar-refractivity contribution in [2.24, 2.45) is 11.8 Å². The van der Waals surface area contributed by atoms with E-state index < -0.39 is 0 Å². The van der Waals surface area contributed by atoms with Gasteiger partial charge in [0.25, 0.3) is 0 Å². The van der Waals surface area contributed by atoms with Gasteiger partial charge in [0.05, 0.1) is 0 Å². The number of hydrogen-bond donors (Lipinski definition) is 0. The summed E-state index contributed by atoms with van der Waals surface area (Å²) in [5.41, 5.74) is 12.5. The maximum atomic E-state index is 4.61. The quantitative estimate of drug-likeness (QED) is 0.484. The molecular formula is C29H32. The average Bonchev–Trinajstić information content (AvgIpc) is 3.32. The zero-order valence-electron chi connectivity index (χ0n) is 18.1. The standard InChI is InChI=1S/C29H32/c1-6-9-20(3)27-21(4)16-26-18-25(17-23-14-12-19(2)13-15-23)22(5)28(26)29(27)24-10-7-8-11-24/h7-8,10,12-17,28-29H,3,5-6,9,11,18H2,1-2,4H3. The molecule has 4 rings (SSSR count). The molecule has 1 aromatic carbocycles. The van der Waals surface area contributed by atoms with Crippen molar-refractivity contribution in [2.75, 3.05) is 0 Å². The van der Waals surface area contributed by atoms with Crippen LogP contribution in [-0.2, 0) is 0 Å². The summed E-state index contributed by atoms with van der Waals surface area (Å²) in [5, 5.41) is 0. The summed E-state index contributed by atoms with van der Waals surface area (Å²) in [6.07, 6.45) is 15.9. The van der Waals surface area contributed by atoms with Crippen molar-refractivity contribution in [1.82, 2.24) is 0 Å². The lowest BCUT2D eigenvalue weighted by molar-refractivity contribution is 0.555. The van der Waals surface area contributed by atoms with Crippen LogP contribution in [0.1, 0.15) is 50.7 Å². The first-order valence-corrected chi connectivity index (χ1v) is 10.9. The molecule has 0 heteroatoms. The molecule has 2 atom stereocenters. The van der Waals surface area contributed by atoms with E-state index in [9.17, 15) is 0 Å². The van der Waals surface area contributed by atoms with Crippen LogP contribution in [0.25, 0.3) is 6.08 Å². The molecule has 0 nitrogen and oxygen atoms in total. The second kappa shape index (κ2) is 8.03. The third-order valence-corrected chi connectivity index (χ3v) is 6.60. The highest BCUT2D eigenvalue weighted by molar-refractivity contribution is 5.67. The fraction of sp³-hybridized carbons (Fsp3) is 0.310. The van der Waals surface area contributed by atoms with E-state index in [-0.39, 0.29) is 0 Å². The first kappa shape index (κ1) is 19.7. The fourth-order valence-corrected chi connectivity index (χ4v) is 5.23. The molecule has 0 bridgehead atoms. The maximum absolute atomic E-state index is 4.61. The highest BCUT2D eigenvalue weighted by atomic mass is 14.4. The Kier molecular flexibility index (Phi) is 5.46. The predicted octanol–water partition coefficient (Wildman–Crippen LogP) is 8.07. The minimum Gasteiger partial charge on any atom is -0.0955 e. The fourth-order valence-electron chi connectivity index (χ4n) is 5.23. The summed E-state index contributed by atoms with van der Waals surface area (Å²) >= 11 is 0. The molecule has 0 heterocycles. The molecule has 29 heavy (non-hydrogen) atoms. The molecule has 0 aliphatic heterocycles. The second-order valence-electron chi connectivity index (χ2n) is 8.78. The van der Waals surface area contributed by atoms with Crippen LogP contribution >= 0.6 is 0 Å². The van der Waals surface area contributed by atoms with E-state index in [1.165, 1.54) is 50.1 Å². The van der Waals surface area contributed by atoms with Crippen LogP contribution < -0.4 is 0 Å². The SMILES string of the molecule is C=C(CCC)C1=C(C)C=C2CC(=Cc3ccc(C)cc3)C(=C)C2C1C1=CC=CC1. The summed E-state index contributed by atoms with van der Waals surface area (Å²) < 4.78 is 0. The molecule has 1 fully saturated rings. The number of allylic oxidation sites excluding steroid dienone is 11. The van der Waals surface area contributed by atoms with Crippen LogP contribution in [0.5, 0.6) is 0 Å². The summed E-state index contributed by atoms with van der Waals surface area (Å²) in [7, 11) is 0. The molecule has 3 aliphatic rings. The largest absolute Gasteiger partial charge is 0.0955 e. The Hall–Kier alpha value is -2.60. The highest BCUT2D eigenvalue weighted by Crippen LogP contribution is 2.54. The van der Waals surface area contributed by atoms with Gasteiger partial charge in [-0.15, -0.1) is 0 Å². The van der Waals surface area contributed by atoms with Gasteiger partial charge in [0.1, 0.15) is 0 Å². The van der Waals surface area contributed by atoms with E-state index in [0.717, 1.165) is 25.7 Å². The maximum Gasteiger partial charge on any atom is 0.0166 e. The van der Waals surface area contributed by atoms with Crippen molar-refractivity contribution >= 4 is 6.08 Å². The van der Waals surface area contributed by atoms with Crippen LogP contribution in [-0.4, -0.2) is 0 Å². The number of rotatable bonds is 5. The molecule has 0 spiro atoms. The van der Waals surface area contributed by atoms with E-state index in [4.69, 9.17) is 0 Å². The predicted molar refractivity (Wildman–Crippen MR) is 127 cm³/mol. The Balaban J connectivity index is 1.74. The molecule has 1 aromatic rings. The molecule has 0 amide bonds. The third kappa shape index (κ3) is 3.69. The Morgan fingerprint density at radius 2 is 1.86 bits per heavy atom. The third-order valence-electron chi connectivity index (χ3n) is 6.60. The van der Waals surface area contributed by atoms with E-state index in [0.29, 0.717) is 11.8 Å². The molecule has 0 saturated heterocycles. The summed E-state index contributed by atoms with van der Waals surface area (Å²) in [4.78, 5) is 0. The molecule has 3 aliphatic carbocycles. The van der Waals surface area contributed by atoms with Gasteiger partial charge in [-0.05, 0) is 61.0 Å². The minimum atomic E-state index is 0.380. The number of aryl methyl sites for hydroxylation is 1. The van der Waals surface area contributed by atoms with Crippen LogP contribution in [0.4, 0.5) is 0 Å². The van der Waals surface area contributed by atoms with Crippen molar-refractivity contribution in [1.29, 1.82) is 0 Å². The monoisotopic (exact) mass is 380 g/mol. The lowest BCUT2D eigenvalue weighted by atomic mass is 9.68. The number of hydrogen-bond acceptors (Lipinski definition) is 0. The van der Waals surface area contributed by atoms with Gasteiger partial charge in [-0.3, -0.25) is 0 Å². The topological polar surface area (TPSA) is 0 Å². The van der Waals surface area contributed by atoms with E-state index in [1.54, 1.807) is 0 Å². The molecular weight excluding hydrogens is 348 g/mol. The van der Waals surface area contributed by atoms with Crippen LogP contribution in [0.3, 0.4) is 0 Å². The van der Waals surface area contributed by atoms with E-state index in [1.807, 2.05) is 0 Å². The summed E-state index contributed by atoms with van der Waals surface area (Å²) in [6, 6.07) is 8.80. The Morgan fingerprint density at radius 3 is 2.52 bits per heavy atom. The zero-order chi connectivity index (χ0) is 20.5. The van der Waals surface area contributed by atoms with Gasteiger partial charge < -0.3 is 0 Å². The zero-order valence-corrected chi connectivity index (χ0v) is 18.1. The minimum absolute atomic E-state index is 0.380. The molecule has 0 N–H and O–H groups in total. The Labute approximate surface area is 176 Å². The first-order chi connectivity index (χ1) is 14.0. The Bertz CT molecular complexity index is 999. The van der Waals surface area contributed by atoms with Crippen molar-refractivity contribution < 1.29 is 0 Å². The first-order valence-electron chi connectivity index (χ1n) is 10.9. The van der Waals surface area contributed by atoms with Gasteiger partial charge in [-0.25, -0.2) is 0 Å². The molecule has 1 saturated carbocycles. The number of benzene rings is 1. The lowest BCUT2D eigenvalue weighted by Crippen LogP contribution is -2.24. The number of fused-ring (bicyclic) bond motifs is 1. The lowest BCUT2D eigenvalue weighted by Gasteiger charge is -2.35. The molecule has 148 valence electrons. The average molecular weight is 381 g/mol. The highest BCUT2D eigenvalue weighted by Gasteiger charge is 2.41. The summed E-state index contributed by atoms with van der Waals surface area (Å²) in [6.45, 7) is 15.8. The van der Waals surface area contributed by atoms with E-state index in [2.05, 4.69) is 88.6 Å². The van der Waals surface area contributed by atoms with Gasteiger partial charge in [0.2, 0.25) is 0 Å². The molecule has 0 radical (unpaired) electrons. The van der Waals surface area contributed by atoms with Crippen LogP contribution in [0.15, 0.2) is 101 Å². The Morgan fingerprint density at radius 1 is 1.10 bits per heavy atom. The van der Waals surface area contributed by atoms with E-state index >= 15 is 0 Å². The van der Waals surface area contributed by atoms with Crippen LogP contribution in [0, 0.1) is 18.8 Å². The van der Waals surface area contributed by atoms with Gasteiger partial charge in [0, 0.05) is 11.8 Å². The smallest absolute Gasteiger partial charge is 0.0166 e. The van der Waals surface area contributed by atoms with Crippen LogP contribution in [0.2, 0.25) is 0 Å². The second-order valence-corrected chi connectivity index (χ2v) is 8.78. The van der Waals surface area contributed by atoms with Gasteiger partial charge in [-0.1, -0.05) is 103 Å². The van der Waals surface area contributed by atoms with Gasteiger partial charge in [-0.2, -0.15) is 0 Å². The van der Waals surface area contributed by atoms with Crippen molar-refractivity contribution in [3.05, 3.63) is 112 Å². The normalized spacial score (nSPS) is 24.8. The molecule has 0 aromatic heterocycles. The van der Waals surface area contributed by atoms with Crippen molar-refractivity contribution in [3.63, 3.8) is 0 Å². The van der Waals surface area contributed by atoms with Gasteiger partial charge >= 0.3 is 0 Å². The van der Waals surface area contributed by atoms with Crippen molar-refractivity contribution in [2.45, 2.75) is 46.5 Å². The molecule has 2 unspecified atom stereocenters.